The summed E-state index contributed by atoms with van der Waals surface area (Å²) in [6.07, 6.45) is 4.01. The number of nitrogen functional groups attached to an aromatic ring is 1. The molecule has 0 radical (unpaired) electrons. The van der Waals surface area contributed by atoms with Crippen LogP contribution in [0.15, 0.2) is 30.5 Å². The van der Waals surface area contributed by atoms with Gasteiger partial charge in [0.25, 0.3) is 0 Å². The fraction of sp³-hybridized carbons (Fsp3) is 0.308. The number of fused-ring (bicyclic) bond motifs is 1. The van der Waals surface area contributed by atoms with Crippen LogP contribution in [0.3, 0.4) is 0 Å². The highest BCUT2D eigenvalue weighted by Crippen LogP contribution is 2.39. The van der Waals surface area contributed by atoms with Crippen LogP contribution in [0.1, 0.15) is 22.4 Å². The van der Waals surface area contributed by atoms with E-state index in [-0.39, 0.29) is 0 Å². The highest BCUT2D eigenvalue weighted by molar-refractivity contribution is 7.15. The Kier molecular flexibility index (Phi) is 2.42. The number of benzene rings is 1. The maximum atomic E-state index is 10.7. The van der Waals surface area contributed by atoms with Crippen molar-refractivity contribution in [3.63, 3.8) is 0 Å². The molecule has 1 unspecified atom stereocenters. The largest absolute Gasteiger partial charge is 0.384 e. The number of aromatic nitrogens is 1. The molecule has 4 heteroatoms. The Labute approximate surface area is 104 Å². The zero-order chi connectivity index (χ0) is 11.9. The molecule has 0 aliphatic heterocycles. The van der Waals surface area contributed by atoms with Crippen molar-refractivity contribution in [2.24, 2.45) is 0 Å². The standard InChI is InChI=1S/C13H14N2OS/c14-12-15-8-11(17-12)13(16)6-5-9-3-1-2-4-10(9)7-13/h1-4,8,16H,5-7H2,(H2,14,15). The van der Waals surface area contributed by atoms with Crippen molar-refractivity contribution in [1.82, 2.24) is 4.98 Å². The monoisotopic (exact) mass is 246 g/mol. The number of hydrogen-bond acceptors (Lipinski definition) is 4. The molecule has 3 rings (SSSR count). The summed E-state index contributed by atoms with van der Waals surface area (Å²) in [5.74, 6) is 0. The van der Waals surface area contributed by atoms with Crippen LogP contribution in [-0.4, -0.2) is 10.1 Å². The molecule has 1 atom stereocenters. The van der Waals surface area contributed by atoms with Gasteiger partial charge in [-0.2, -0.15) is 0 Å². The van der Waals surface area contributed by atoms with E-state index < -0.39 is 5.60 Å². The van der Waals surface area contributed by atoms with Gasteiger partial charge in [0, 0.05) is 12.6 Å². The van der Waals surface area contributed by atoms with Crippen LogP contribution in [-0.2, 0) is 18.4 Å². The van der Waals surface area contributed by atoms with E-state index >= 15 is 0 Å². The third kappa shape index (κ3) is 1.83. The second-order valence-electron chi connectivity index (χ2n) is 4.54. The predicted octanol–water partition coefficient (Wildman–Crippen LogP) is 2.10. The molecule has 0 amide bonds. The lowest BCUT2D eigenvalue weighted by atomic mass is 9.80. The van der Waals surface area contributed by atoms with E-state index in [0.29, 0.717) is 11.6 Å². The Morgan fingerprint density at radius 2 is 2.06 bits per heavy atom. The normalized spacial score (nSPS) is 23.4. The molecule has 0 bridgehead atoms. The third-order valence-corrected chi connectivity index (χ3v) is 4.41. The number of hydrogen-bond donors (Lipinski definition) is 2. The maximum absolute atomic E-state index is 10.7. The molecule has 0 fully saturated rings. The van der Waals surface area contributed by atoms with Crippen molar-refractivity contribution < 1.29 is 5.11 Å². The molecule has 1 aromatic heterocycles. The van der Waals surface area contributed by atoms with Crippen molar-refractivity contribution in [2.75, 3.05) is 5.73 Å². The van der Waals surface area contributed by atoms with Gasteiger partial charge >= 0.3 is 0 Å². The van der Waals surface area contributed by atoms with Gasteiger partial charge in [0.15, 0.2) is 5.13 Å². The maximum Gasteiger partial charge on any atom is 0.180 e. The number of thiazole rings is 1. The summed E-state index contributed by atoms with van der Waals surface area (Å²) in [5.41, 5.74) is 7.42. The number of nitrogens with two attached hydrogens (primary N) is 1. The fourth-order valence-corrected chi connectivity index (χ4v) is 3.23. The van der Waals surface area contributed by atoms with Crippen molar-refractivity contribution in [3.05, 3.63) is 46.5 Å². The average molecular weight is 246 g/mol. The van der Waals surface area contributed by atoms with Gasteiger partial charge in [-0.3, -0.25) is 0 Å². The van der Waals surface area contributed by atoms with E-state index in [4.69, 9.17) is 5.73 Å². The lowest BCUT2D eigenvalue weighted by molar-refractivity contribution is 0.0257. The molecule has 88 valence electrons. The summed E-state index contributed by atoms with van der Waals surface area (Å²) in [4.78, 5) is 4.91. The molecule has 1 aliphatic carbocycles. The van der Waals surface area contributed by atoms with Gasteiger partial charge in [0.05, 0.1) is 4.88 Å². The first kappa shape index (κ1) is 10.7. The average Bonchev–Trinajstić information content (AvgIpc) is 2.76. The summed E-state index contributed by atoms with van der Waals surface area (Å²) >= 11 is 1.38. The molecule has 2 aromatic rings. The number of aliphatic hydroxyl groups is 1. The summed E-state index contributed by atoms with van der Waals surface area (Å²) < 4.78 is 0. The second kappa shape index (κ2) is 3.82. The molecule has 0 saturated heterocycles. The minimum Gasteiger partial charge on any atom is -0.384 e. The smallest absolute Gasteiger partial charge is 0.180 e. The molecule has 1 aliphatic rings. The van der Waals surface area contributed by atoms with E-state index in [9.17, 15) is 5.11 Å². The van der Waals surface area contributed by atoms with Gasteiger partial charge in [-0.25, -0.2) is 4.98 Å². The number of anilines is 1. The highest BCUT2D eigenvalue weighted by Gasteiger charge is 2.35. The molecule has 17 heavy (non-hydrogen) atoms. The molecule has 3 nitrogen and oxygen atoms in total. The van der Waals surface area contributed by atoms with Gasteiger partial charge < -0.3 is 10.8 Å². The summed E-state index contributed by atoms with van der Waals surface area (Å²) in [6, 6.07) is 8.29. The molecule has 0 spiro atoms. The Hall–Kier alpha value is -1.39. The van der Waals surface area contributed by atoms with Crippen LogP contribution < -0.4 is 5.73 Å². The lowest BCUT2D eigenvalue weighted by Crippen LogP contribution is -2.32. The Bertz CT molecular complexity index is 552. The summed E-state index contributed by atoms with van der Waals surface area (Å²) in [5, 5.41) is 11.2. The Morgan fingerprint density at radius 1 is 1.29 bits per heavy atom. The molecular weight excluding hydrogens is 232 g/mol. The van der Waals surface area contributed by atoms with E-state index in [1.165, 1.54) is 22.5 Å². The SMILES string of the molecule is Nc1ncc(C2(O)CCc3ccccc3C2)s1. The van der Waals surface area contributed by atoms with Gasteiger partial charge in [-0.1, -0.05) is 35.6 Å². The van der Waals surface area contributed by atoms with Crippen LogP contribution in [0.5, 0.6) is 0 Å². The molecule has 1 aromatic carbocycles. The minimum absolute atomic E-state index is 0.521. The van der Waals surface area contributed by atoms with Gasteiger partial charge in [0.2, 0.25) is 0 Å². The van der Waals surface area contributed by atoms with Gasteiger partial charge in [-0.15, -0.1) is 0 Å². The van der Waals surface area contributed by atoms with Crippen LogP contribution in [0, 0.1) is 0 Å². The third-order valence-electron chi connectivity index (χ3n) is 3.39. The number of aryl methyl sites for hydroxylation is 1. The van der Waals surface area contributed by atoms with Crippen LogP contribution >= 0.6 is 11.3 Å². The van der Waals surface area contributed by atoms with Crippen molar-refractivity contribution in [3.8, 4) is 0 Å². The first-order valence-electron chi connectivity index (χ1n) is 5.68. The molecule has 3 N–H and O–H groups in total. The molecule has 1 heterocycles. The zero-order valence-electron chi connectivity index (χ0n) is 9.39. The quantitative estimate of drug-likeness (QED) is 0.810. The van der Waals surface area contributed by atoms with Gasteiger partial charge in [0.1, 0.15) is 5.60 Å². The van der Waals surface area contributed by atoms with Crippen molar-refractivity contribution in [1.29, 1.82) is 0 Å². The van der Waals surface area contributed by atoms with Crippen LogP contribution in [0.2, 0.25) is 0 Å². The van der Waals surface area contributed by atoms with Crippen LogP contribution in [0.4, 0.5) is 5.13 Å². The minimum atomic E-state index is -0.788. The van der Waals surface area contributed by atoms with Gasteiger partial charge in [-0.05, 0) is 24.0 Å². The van der Waals surface area contributed by atoms with E-state index in [1.54, 1.807) is 6.20 Å². The van der Waals surface area contributed by atoms with E-state index in [0.717, 1.165) is 17.7 Å². The Balaban J connectivity index is 1.97. The molecule has 0 saturated carbocycles. The summed E-state index contributed by atoms with van der Waals surface area (Å²) in [7, 11) is 0. The predicted molar refractivity (Wildman–Crippen MR) is 68.9 cm³/mol. The second-order valence-corrected chi connectivity index (χ2v) is 5.60. The lowest BCUT2D eigenvalue weighted by Gasteiger charge is -2.32. The zero-order valence-corrected chi connectivity index (χ0v) is 10.2. The first-order chi connectivity index (χ1) is 8.17. The fourth-order valence-electron chi connectivity index (χ4n) is 2.43. The highest BCUT2D eigenvalue weighted by atomic mass is 32.1. The van der Waals surface area contributed by atoms with Crippen molar-refractivity contribution >= 4 is 16.5 Å². The van der Waals surface area contributed by atoms with Crippen LogP contribution in [0.25, 0.3) is 0 Å². The number of nitrogens with zero attached hydrogens (tertiary/aromatic N) is 1. The number of rotatable bonds is 1. The topological polar surface area (TPSA) is 59.1 Å². The Morgan fingerprint density at radius 3 is 2.76 bits per heavy atom. The van der Waals surface area contributed by atoms with E-state index in [2.05, 4.69) is 17.1 Å². The molecular formula is C13H14N2OS. The van der Waals surface area contributed by atoms with E-state index in [1.807, 2.05) is 12.1 Å². The van der Waals surface area contributed by atoms with Crippen molar-refractivity contribution in [2.45, 2.75) is 24.9 Å². The first-order valence-corrected chi connectivity index (χ1v) is 6.50. The summed E-state index contributed by atoms with van der Waals surface area (Å²) in [6.45, 7) is 0.